The highest BCUT2D eigenvalue weighted by molar-refractivity contribution is 7.80. The van der Waals surface area contributed by atoms with Crippen LogP contribution in [0.3, 0.4) is 0 Å². The lowest BCUT2D eigenvalue weighted by Crippen LogP contribution is -2.34. The van der Waals surface area contributed by atoms with Crippen molar-refractivity contribution in [1.82, 2.24) is 15.5 Å². The van der Waals surface area contributed by atoms with Gasteiger partial charge in [0, 0.05) is 5.56 Å². The Bertz CT molecular complexity index is 911. The highest BCUT2D eigenvalue weighted by Crippen LogP contribution is 2.16. The van der Waals surface area contributed by atoms with Gasteiger partial charge in [0.25, 0.3) is 5.91 Å². The maximum Gasteiger partial charge on any atom is 0.257 e. The Kier molecular flexibility index (Phi) is 6.45. The predicted octanol–water partition coefficient (Wildman–Crippen LogP) is 3.81. The molecule has 0 aliphatic carbocycles. The van der Waals surface area contributed by atoms with Crippen LogP contribution in [0.1, 0.15) is 27.9 Å². The van der Waals surface area contributed by atoms with Gasteiger partial charge in [-0.15, -0.1) is 10.2 Å². The lowest BCUT2D eigenvalue weighted by molar-refractivity contribution is 0.0977. The van der Waals surface area contributed by atoms with Crippen molar-refractivity contribution in [2.24, 2.45) is 0 Å². The molecular weight excluding hydrogens is 380 g/mol. The summed E-state index contributed by atoms with van der Waals surface area (Å²) < 4.78 is 5.72. The van der Waals surface area contributed by atoms with Crippen molar-refractivity contribution in [1.29, 1.82) is 0 Å². The van der Waals surface area contributed by atoms with Gasteiger partial charge in [0.15, 0.2) is 5.11 Å². The molecule has 0 saturated carbocycles. The summed E-state index contributed by atoms with van der Waals surface area (Å²) in [7, 11) is 0. The molecule has 6 nitrogen and oxygen atoms in total. The molecule has 0 aliphatic rings. The summed E-state index contributed by atoms with van der Waals surface area (Å²) in [4.78, 5) is 12.3. The summed E-state index contributed by atoms with van der Waals surface area (Å²) in [5.41, 5.74) is 1.57. The Morgan fingerprint density at radius 1 is 1.11 bits per heavy atom. The van der Waals surface area contributed by atoms with E-state index >= 15 is 0 Å². The zero-order valence-corrected chi connectivity index (χ0v) is 16.3. The Labute approximate surface area is 166 Å². The Balaban J connectivity index is 1.51. The first-order chi connectivity index (χ1) is 13.1. The molecule has 138 valence electrons. The number of carbonyl (C=O) groups is 1. The van der Waals surface area contributed by atoms with Crippen LogP contribution in [0.4, 0.5) is 5.13 Å². The number of nitrogens with zero attached hydrogens (tertiary/aromatic N) is 2. The van der Waals surface area contributed by atoms with Crippen LogP contribution in [-0.4, -0.2) is 21.2 Å². The summed E-state index contributed by atoms with van der Waals surface area (Å²) in [5, 5.41) is 15.1. The van der Waals surface area contributed by atoms with Gasteiger partial charge in [0.2, 0.25) is 5.13 Å². The molecule has 0 aliphatic heterocycles. The zero-order chi connectivity index (χ0) is 19.1. The molecule has 3 aromatic rings. The van der Waals surface area contributed by atoms with Crippen molar-refractivity contribution in [3.8, 4) is 5.75 Å². The van der Waals surface area contributed by atoms with Crippen LogP contribution in [0.5, 0.6) is 5.75 Å². The maximum atomic E-state index is 12.3. The molecule has 1 aromatic heterocycles. The number of aryl methyl sites for hydroxylation is 1. The number of ether oxygens (including phenoxy) is 1. The fraction of sp³-hybridized carbons (Fsp3) is 0.158. The zero-order valence-electron chi connectivity index (χ0n) is 14.6. The van der Waals surface area contributed by atoms with Gasteiger partial charge in [-0.1, -0.05) is 48.6 Å². The Hall–Kier alpha value is -2.84. The van der Waals surface area contributed by atoms with Gasteiger partial charge in [-0.25, -0.2) is 0 Å². The molecule has 27 heavy (non-hydrogen) atoms. The van der Waals surface area contributed by atoms with E-state index in [4.69, 9.17) is 17.0 Å². The Morgan fingerprint density at radius 3 is 2.52 bits per heavy atom. The van der Waals surface area contributed by atoms with Crippen molar-refractivity contribution in [2.75, 3.05) is 5.32 Å². The normalized spacial score (nSPS) is 10.3. The lowest BCUT2D eigenvalue weighted by Gasteiger charge is -2.09. The van der Waals surface area contributed by atoms with Crippen LogP contribution in [0, 0.1) is 0 Å². The monoisotopic (exact) mass is 398 g/mol. The third kappa shape index (κ3) is 5.57. The highest BCUT2D eigenvalue weighted by Gasteiger charge is 2.10. The fourth-order valence-electron chi connectivity index (χ4n) is 2.19. The van der Waals surface area contributed by atoms with Crippen LogP contribution < -0.4 is 15.4 Å². The van der Waals surface area contributed by atoms with Crippen molar-refractivity contribution in [3.63, 3.8) is 0 Å². The minimum absolute atomic E-state index is 0.184. The molecule has 0 atom stereocenters. The molecule has 0 bridgehead atoms. The Morgan fingerprint density at radius 2 is 1.85 bits per heavy atom. The molecule has 0 unspecified atom stereocenters. The standard InChI is InChI=1S/C19H18N4O2S2/c1-2-16-22-23-19(27-16)21-18(26)20-17(24)14-8-10-15(11-9-14)25-12-13-6-4-3-5-7-13/h3-11H,2,12H2,1H3,(H2,20,21,23,24,26). The summed E-state index contributed by atoms with van der Waals surface area (Å²) in [6.45, 7) is 2.47. The predicted molar refractivity (Wildman–Crippen MR) is 110 cm³/mol. The van der Waals surface area contributed by atoms with Crippen molar-refractivity contribution >= 4 is 39.7 Å². The van der Waals surface area contributed by atoms with Crippen LogP contribution in [0.2, 0.25) is 0 Å². The third-order valence-corrected chi connectivity index (χ3v) is 4.77. The van der Waals surface area contributed by atoms with E-state index in [1.807, 2.05) is 37.3 Å². The fourth-order valence-corrected chi connectivity index (χ4v) is 3.13. The number of benzene rings is 2. The van der Waals surface area contributed by atoms with E-state index in [9.17, 15) is 4.79 Å². The molecule has 0 radical (unpaired) electrons. The third-order valence-electron chi connectivity index (χ3n) is 3.58. The number of hydrogen-bond acceptors (Lipinski definition) is 6. The molecule has 1 amide bonds. The number of rotatable bonds is 6. The van der Waals surface area contributed by atoms with Gasteiger partial charge in [-0.2, -0.15) is 0 Å². The van der Waals surface area contributed by atoms with E-state index in [-0.39, 0.29) is 11.0 Å². The first-order valence-electron chi connectivity index (χ1n) is 8.35. The average molecular weight is 399 g/mol. The number of anilines is 1. The van der Waals surface area contributed by atoms with E-state index in [1.165, 1.54) is 11.3 Å². The summed E-state index contributed by atoms with van der Waals surface area (Å²) in [6, 6.07) is 16.8. The SMILES string of the molecule is CCc1nnc(NC(=S)NC(=O)c2ccc(OCc3ccccc3)cc2)s1. The topological polar surface area (TPSA) is 76.1 Å². The molecule has 2 aromatic carbocycles. The van der Waals surface area contributed by atoms with E-state index in [2.05, 4.69) is 20.8 Å². The van der Waals surface area contributed by atoms with Gasteiger partial charge in [0.1, 0.15) is 17.4 Å². The quantitative estimate of drug-likeness (QED) is 0.615. The van der Waals surface area contributed by atoms with Crippen LogP contribution >= 0.6 is 23.6 Å². The van der Waals surface area contributed by atoms with Gasteiger partial charge >= 0.3 is 0 Å². The largest absolute Gasteiger partial charge is 0.489 e. The smallest absolute Gasteiger partial charge is 0.257 e. The van der Waals surface area contributed by atoms with E-state index < -0.39 is 0 Å². The molecule has 3 rings (SSSR count). The van der Waals surface area contributed by atoms with Crippen molar-refractivity contribution in [2.45, 2.75) is 20.0 Å². The molecule has 2 N–H and O–H groups in total. The second-order valence-corrected chi connectivity index (χ2v) is 7.03. The lowest BCUT2D eigenvalue weighted by atomic mass is 10.2. The minimum atomic E-state index is -0.303. The second-order valence-electron chi connectivity index (χ2n) is 5.56. The number of aromatic nitrogens is 2. The van der Waals surface area contributed by atoms with Crippen LogP contribution in [0.15, 0.2) is 54.6 Å². The van der Waals surface area contributed by atoms with Crippen molar-refractivity contribution in [3.05, 3.63) is 70.7 Å². The van der Waals surface area contributed by atoms with E-state index in [1.54, 1.807) is 24.3 Å². The first kappa shape index (κ1) is 18.9. The maximum absolute atomic E-state index is 12.3. The first-order valence-corrected chi connectivity index (χ1v) is 9.58. The molecule has 0 saturated heterocycles. The highest BCUT2D eigenvalue weighted by atomic mass is 32.1. The summed E-state index contributed by atoms with van der Waals surface area (Å²) >= 11 is 6.55. The van der Waals surface area contributed by atoms with E-state index in [0.29, 0.717) is 23.1 Å². The van der Waals surface area contributed by atoms with Crippen LogP contribution in [-0.2, 0) is 13.0 Å². The van der Waals surface area contributed by atoms with E-state index in [0.717, 1.165) is 17.0 Å². The van der Waals surface area contributed by atoms with Crippen LogP contribution in [0.25, 0.3) is 0 Å². The van der Waals surface area contributed by atoms with Gasteiger partial charge in [0.05, 0.1) is 0 Å². The number of thiocarbonyl (C=S) groups is 1. The van der Waals surface area contributed by atoms with Gasteiger partial charge < -0.3 is 10.1 Å². The molecule has 8 heteroatoms. The number of hydrogen-bond donors (Lipinski definition) is 2. The van der Waals surface area contributed by atoms with Gasteiger partial charge in [-0.3, -0.25) is 10.1 Å². The molecule has 0 spiro atoms. The summed E-state index contributed by atoms with van der Waals surface area (Å²) in [5.74, 6) is 0.388. The number of nitrogens with one attached hydrogen (secondary N) is 2. The molecule has 1 heterocycles. The molecular formula is C19H18N4O2S2. The van der Waals surface area contributed by atoms with Gasteiger partial charge in [-0.05, 0) is 48.5 Å². The minimum Gasteiger partial charge on any atom is -0.489 e. The number of amides is 1. The molecule has 0 fully saturated rings. The summed E-state index contributed by atoms with van der Waals surface area (Å²) in [6.07, 6.45) is 0.803. The average Bonchev–Trinajstić information content (AvgIpc) is 3.15. The second kappa shape index (κ2) is 9.20. The van der Waals surface area contributed by atoms with Crippen molar-refractivity contribution < 1.29 is 9.53 Å². The number of carbonyl (C=O) groups excluding carboxylic acids is 1.